The van der Waals surface area contributed by atoms with E-state index in [9.17, 15) is 4.79 Å². The van der Waals surface area contributed by atoms with Gasteiger partial charge in [0, 0.05) is 44.7 Å². The Morgan fingerprint density at radius 3 is 2.28 bits per heavy atom. The predicted molar refractivity (Wildman–Crippen MR) is 73.3 cm³/mol. The molecule has 18 heavy (non-hydrogen) atoms. The van der Waals surface area contributed by atoms with Crippen molar-refractivity contribution in [1.29, 1.82) is 0 Å². The summed E-state index contributed by atoms with van der Waals surface area (Å²) < 4.78 is 0. The molecule has 1 heterocycles. The Morgan fingerprint density at radius 2 is 1.78 bits per heavy atom. The Bertz CT molecular complexity index is 279. The maximum Gasteiger partial charge on any atom is 0.228 e. The van der Waals surface area contributed by atoms with Gasteiger partial charge in [-0.3, -0.25) is 9.69 Å². The molecule has 4 heteroatoms. The smallest absolute Gasteiger partial charge is 0.228 e. The van der Waals surface area contributed by atoms with Gasteiger partial charge in [-0.05, 0) is 19.3 Å². The van der Waals surface area contributed by atoms with Gasteiger partial charge in [-0.15, -0.1) is 0 Å². The molecule has 1 saturated heterocycles. The lowest BCUT2D eigenvalue weighted by Gasteiger charge is -2.39. The fourth-order valence-electron chi connectivity index (χ4n) is 3.46. The number of amides is 1. The summed E-state index contributed by atoms with van der Waals surface area (Å²) in [5, 5.41) is 0. The number of hydrogen-bond acceptors (Lipinski definition) is 3. The summed E-state index contributed by atoms with van der Waals surface area (Å²) in [6.07, 6.45) is 5.67. The second-order valence-corrected chi connectivity index (χ2v) is 5.76. The monoisotopic (exact) mass is 253 g/mol. The molecule has 2 aliphatic rings. The van der Waals surface area contributed by atoms with Crippen LogP contribution in [0, 0.1) is 5.41 Å². The van der Waals surface area contributed by atoms with Crippen molar-refractivity contribution in [2.45, 2.75) is 39.0 Å². The second-order valence-electron chi connectivity index (χ2n) is 5.76. The molecule has 0 unspecified atom stereocenters. The predicted octanol–water partition coefficient (Wildman–Crippen LogP) is 1.06. The van der Waals surface area contributed by atoms with Crippen molar-refractivity contribution in [1.82, 2.24) is 9.80 Å². The number of piperazine rings is 1. The van der Waals surface area contributed by atoms with Crippen molar-refractivity contribution in [3.05, 3.63) is 0 Å². The molecule has 0 atom stereocenters. The molecular weight excluding hydrogens is 226 g/mol. The maximum absolute atomic E-state index is 12.7. The lowest BCUT2D eigenvalue weighted by Crippen LogP contribution is -2.53. The van der Waals surface area contributed by atoms with Gasteiger partial charge in [0.1, 0.15) is 0 Å². The second kappa shape index (κ2) is 6.02. The summed E-state index contributed by atoms with van der Waals surface area (Å²) >= 11 is 0. The highest BCUT2D eigenvalue weighted by Crippen LogP contribution is 2.42. The Labute approximate surface area is 110 Å². The van der Waals surface area contributed by atoms with E-state index in [0.717, 1.165) is 52.0 Å². The third-order valence-corrected chi connectivity index (χ3v) is 4.80. The van der Waals surface area contributed by atoms with E-state index in [1.54, 1.807) is 0 Å². The molecule has 1 saturated carbocycles. The highest BCUT2D eigenvalue weighted by molar-refractivity contribution is 5.83. The van der Waals surface area contributed by atoms with Gasteiger partial charge < -0.3 is 10.6 Å². The van der Waals surface area contributed by atoms with E-state index in [-0.39, 0.29) is 5.41 Å². The number of carbonyl (C=O) groups is 1. The Morgan fingerprint density at radius 1 is 1.17 bits per heavy atom. The molecular formula is C14H27N3O. The molecule has 0 bridgehead atoms. The Hall–Kier alpha value is -0.610. The SMILES string of the molecule is CCC1(C(=O)N2CCN(CCN)CC2)CCCC1. The highest BCUT2D eigenvalue weighted by atomic mass is 16.2. The van der Waals surface area contributed by atoms with E-state index in [2.05, 4.69) is 16.7 Å². The molecule has 104 valence electrons. The number of carbonyl (C=O) groups excluding carboxylic acids is 1. The van der Waals surface area contributed by atoms with Crippen molar-refractivity contribution >= 4 is 5.91 Å². The molecule has 1 aliphatic carbocycles. The van der Waals surface area contributed by atoms with E-state index in [1.165, 1.54) is 12.8 Å². The standard InChI is InChI=1S/C14H27N3O/c1-2-14(5-3-4-6-14)13(18)17-11-9-16(8-7-15)10-12-17/h2-12,15H2,1H3. The first-order valence-corrected chi connectivity index (χ1v) is 7.43. The molecule has 0 radical (unpaired) electrons. The van der Waals surface area contributed by atoms with Gasteiger partial charge in [-0.25, -0.2) is 0 Å². The fourth-order valence-corrected chi connectivity index (χ4v) is 3.46. The van der Waals surface area contributed by atoms with Gasteiger partial charge >= 0.3 is 0 Å². The summed E-state index contributed by atoms with van der Waals surface area (Å²) in [6.45, 7) is 7.61. The minimum Gasteiger partial charge on any atom is -0.340 e. The highest BCUT2D eigenvalue weighted by Gasteiger charge is 2.42. The summed E-state index contributed by atoms with van der Waals surface area (Å²) in [5.41, 5.74) is 5.56. The van der Waals surface area contributed by atoms with E-state index >= 15 is 0 Å². The normalized spacial score (nSPS) is 24.4. The molecule has 0 aromatic heterocycles. The number of nitrogens with two attached hydrogens (primary N) is 1. The average molecular weight is 253 g/mol. The van der Waals surface area contributed by atoms with Crippen LogP contribution in [0.4, 0.5) is 0 Å². The molecule has 1 amide bonds. The fraction of sp³-hybridized carbons (Fsp3) is 0.929. The zero-order valence-electron chi connectivity index (χ0n) is 11.7. The van der Waals surface area contributed by atoms with Crippen LogP contribution in [-0.2, 0) is 4.79 Å². The molecule has 2 rings (SSSR count). The van der Waals surface area contributed by atoms with Gasteiger partial charge in [0.25, 0.3) is 0 Å². The van der Waals surface area contributed by atoms with Crippen molar-refractivity contribution in [2.75, 3.05) is 39.3 Å². The minimum absolute atomic E-state index is 0.0178. The lowest BCUT2D eigenvalue weighted by atomic mass is 9.81. The van der Waals surface area contributed by atoms with Crippen molar-refractivity contribution < 1.29 is 4.79 Å². The van der Waals surface area contributed by atoms with Crippen molar-refractivity contribution in [3.8, 4) is 0 Å². The molecule has 2 N–H and O–H groups in total. The third kappa shape index (κ3) is 2.69. The van der Waals surface area contributed by atoms with Crippen LogP contribution in [0.5, 0.6) is 0 Å². The maximum atomic E-state index is 12.7. The number of nitrogens with zero attached hydrogens (tertiary/aromatic N) is 2. The van der Waals surface area contributed by atoms with Crippen LogP contribution >= 0.6 is 0 Å². The van der Waals surface area contributed by atoms with Crippen LogP contribution in [0.2, 0.25) is 0 Å². The quantitative estimate of drug-likeness (QED) is 0.815. The van der Waals surface area contributed by atoms with Gasteiger partial charge in [-0.1, -0.05) is 19.8 Å². The molecule has 4 nitrogen and oxygen atoms in total. The van der Waals surface area contributed by atoms with Crippen LogP contribution in [0.3, 0.4) is 0 Å². The van der Waals surface area contributed by atoms with Gasteiger partial charge in [0.2, 0.25) is 5.91 Å². The topological polar surface area (TPSA) is 49.6 Å². The summed E-state index contributed by atoms with van der Waals surface area (Å²) in [4.78, 5) is 17.2. The summed E-state index contributed by atoms with van der Waals surface area (Å²) in [7, 11) is 0. The first-order chi connectivity index (χ1) is 8.72. The lowest BCUT2D eigenvalue weighted by molar-refractivity contribution is -0.144. The van der Waals surface area contributed by atoms with E-state index < -0.39 is 0 Å². The van der Waals surface area contributed by atoms with Crippen LogP contribution < -0.4 is 5.73 Å². The zero-order chi connectivity index (χ0) is 13.0. The zero-order valence-corrected chi connectivity index (χ0v) is 11.7. The first kappa shape index (κ1) is 13.8. The van der Waals surface area contributed by atoms with Gasteiger partial charge in [0.05, 0.1) is 0 Å². The molecule has 0 spiro atoms. The van der Waals surface area contributed by atoms with E-state index in [1.807, 2.05) is 0 Å². The Balaban J connectivity index is 1.90. The number of hydrogen-bond donors (Lipinski definition) is 1. The largest absolute Gasteiger partial charge is 0.340 e. The molecule has 0 aromatic carbocycles. The Kier molecular flexibility index (Phi) is 4.62. The van der Waals surface area contributed by atoms with Crippen molar-refractivity contribution in [2.24, 2.45) is 11.1 Å². The molecule has 1 aliphatic heterocycles. The summed E-state index contributed by atoms with van der Waals surface area (Å²) in [5.74, 6) is 0.426. The molecule has 2 fully saturated rings. The van der Waals surface area contributed by atoms with Gasteiger partial charge in [0.15, 0.2) is 0 Å². The van der Waals surface area contributed by atoms with Gasteiger partial charge in [-0.2, -0.15) is 0 Å². The molecule has 0 aromatic rings. The number of rotatable bonds is 4. The average Bonchev–Trinajstić information content (AvgIpc) is 2.89. The first-order valence-electron chi connectivity index (χ1n) is 7.43. The van der Waals surface area contributed by atoms with Crippen molar-refractivity contribution in [3.63, 3.8) is 0 Å². The van der Waals surface area contributed by atoms with Crippen LogP contribution in [0.1, 0.15) is 39.0 Å². The van der Waals surface area contributed by atoms with E-state index in [0.29, 0.717) is 12.5 Å². The third-order valence-electron chi connectivity index (χ3n) is 4.80. The van der Waals surface area contributed by atoms with Crippen LogP contribution in [0.25, 0.3) is 0 Å². The minimum atomic E-state index is -0.0178. The van der Waals surface area contributed by atoms with Crippen LogP contribution in [0.15, 0.2) is 0 Å². The van der Waals surface area contributed by atoms with E-state index in [4.69, 9.17) is 5.73 Å². The van der Waals surface area contributed by atoms with Crippen LogP contribution in [-0.4, -0.2) is 55.0 Å². The summed E-state index contributed by atoms with van der Waals surface area (Å²) in [6, 6.07) is 0.